The topological polar surface area (TPSA) is 77.8 Å². The average Bonchev–Trinajstić information content (AvgIpc) is 2.95. The van der Waals surface area contributed by atoms with Gasteiger partial charge in [-0.1, -0.05) is 17.4 Å². The van der Waals surface area contributed by atoms with Gasteiger partial charge >= 0.3 is 0 Å². The number of ether oxygens (including phenoxy) is 2. The lowest BCUT2D eigenvalue weighted by Gasteiger charge is -2.08. The Balaban J connectivity index is 2.26. The van der Waals surface area contributed by atoms with Crippen LogP contribution in [0.15, 0.2) is 29.6 Å². The summed E-state index contributed by atoms with van der Waals surface area (Å²) in [7, 11) is 3.06. The Hall–Kier alpha value is -2.61. The molecule has 2 aromatic heterocycles. The zero-order chi connectivity index (χ0) is 15.7. The first-order valence-electron chi connectivity index (χ1n) is 6.48. The summed E-state index contributed by atoms with van der Waals surface area (Å²) in [5, 5.41) is 8.31. The van der Waals surface area contributed by atoms with Gasteiger partial charge in [0, 0.05) is 12.6 Å². The number of hydrogen-bond donors (Lipinski definition) is 1. The minimum atomic E-state index is -0.246. The summed E-state index contributed by atoms with van der Waals surface area (Å²) < 4.78 is 11.8. The highest BCUT2D eigenvalue weighted by Gasteiger charge is 2.14. The Bertz CT molecular complexity index is 916. The molecule has 1 aromatic carbocycles. The van der Waals surface area contributed by atoms with Gasteiger partial charge < -0.3 is 14.8 Å². The van der Waals surface area contributed by atoms with Crippen LogP contribution in [0.1, 0.15) is 0 Å². The van der Waals surface area contributed by atoms with E-state index in [0.29, 0.717) is 39.0 Å². The van der Waals surface area contributed by atoms with Gasteiger partial charge in [-0.05, 0) is 6.07 Å². The van der Waals surface area contributed by atoms with Crippen molar-refractivity contribution in [2.45, 2.75) is 0 Å². The number of nitrogens with zero attached hydrogens (tertiary/aromatic N) is 3. The van der Waals surface area contributed by atoms with Crippen LogP contribution in [0.3, 0.4) is 0 Å². The molecule has 0 amide bonds. The van der Waals surface area contributed by atoms with Crippen molar-refractivity contribution in [1.29, 1.82) is 0 Å². The molecule has 22 heavy (non-hydrogen) atoms. The average molecular weight is 318 g/mol. The minimum absolute atomic E-state index is 0.246. The minimum Gasteiger partial charge on any atom is -0.493 e. The molecule has 3 rings (SSSR count). The van der Waals surface area contributed by atoms with Gasteiger partial charge in [-0.15, -0.1) is 11.7 Å². The Kier molecular flexibility index (Phi) is 3.68. The zero-order valence-corrected chi connectivity index (χ0v) is 12.9. The van der Waals surface area contributed by atoms with Crippen molar-refractivity contribution in [2.75, 3.05) is 26.1 Å². The van der Waals surface area contributed by atoms with E-state index in [-0.39, 0.29) is 5.56 Å². The Labute approximate surface area is 129 Å². The van der Waals surface area contributed by atoms with Crippen LogP contribution in [-0.4, -0.2) is 35.4 Å². The molecule has 2 heterocycles. The largest absolute Gasteiger partial charge is 0.493 e. The van der Waals surface area contributed by atoms with Gasteiger partial charge in [0.05, 0.1) is 25.1 Å². The first-order chi connectivity index (χ1) is 10.7. The van der Waals surface area contributed by atoms with Crippen LogP contribution in [0.5, 0.6) is 11.5 Å². The number of methoxy groups -OCH3 is 2. The predicted molar refractivity (Wildman–Crippen MR) is 86.4 cm³/mol. The SMILES string of the molecule is C=CCNc1nn2c(=O)c3cc(OC)c(OC)cc3nc2s1. The molecule has 0 spiro atoms. The first-order valence-corrected chi connectivity index (χ1v) is 7.30. The van der Waals surface area contributed by atoms with Gasteiger partial charge in [-0.2, -0.15) is 4.52 Å². The molecule has 0 aliphatic heterocycles. The van der Waals surface area contributed by atoms with Crippen LogP contribution in [0, 0.1) is 0 Å². The normalized spacial score (nSPS) is 10.8. The summed E-state index contributed by atoms with van der Waals surface area (Å²) in [5.74, 6) is 1.01. The molecule has 1 N–H and O–H groups in total. The number of anilines is 1. The Morgan fingerprint density at radius 1 is 1.36 bits per heavy atom. The molecule has 7 nitrogen and oxygen atoms in total. The highest BCUT2D eigenvalue weighted by molar-refractivity contribution is 7.20. The van der Waals surface area contributed by atoms with Crippen LogP contribution < -0.4 is 20.3 Å². The fourth-order valence-corrected chi connectivity index (χ4v) is 2.87. The second-order valence-electron chi connectivity index (χ2n) is 4.41. The molecule has 3 aromatic rings. The van der Waals surface area contributed by atoms with Gasteiger partial charge in [0.1, 0.15) is 0 Å². The lowest BCUT2D eigenvalue weighted by molar-refractivity contribution is 0.355. The maximum atomic E-state index is 12.6. The van der Waals surface area contributed by atoms with Crippen molar-refractivity contribution in [3.8, 4) is 11.5 Å². The second kappa shape index (κ2) is 5.64. The van der Waals surface area contributed by atoms with Gasteiger partial charge in [-0.25, -0.2) is 4.98 Å². The molecule has 0 aliphatic rings. The van der Waals surface area contributed by atoms with E-state index in [1.807, 2.05) is 0 Å². The summed E-state index contributed by atoms with van der Waals surface area (Å²) in [6, 6.07) is 3.30. The lowest BCUT2D eigenvalue weighted by Crippen LogP contribution is -2.15. The summed E-state index contributed by atoms with van der Waals surface area (Å²) in [6.45, 7) is 4.20. The van der Waals surface area contributed by atoms with Gasteiger partial charge in [0.15, 0.2) is 11.5 Å². The van der Waals surface area contributed by atoms with Gasteiger partial charge in [0.25, 0.3) is 5.56 Å². The summed E-state index contributed by atoms with van der Waals surface area (Å²) in [6.07, 6.45) is 1.72. The van der Waals surface area contributed by atoms with Crippen molar-refractivity contribution in [2.24, 2.45) is 0 Å². The van der Waals surface area contributed by atoms with Gasteiger partial charge in [-0.3, -0.25) is 4.79 Å². The molecule has 0 atom stereocenters. The molecule has 0 fully saturated rings. The Morgan fingerprint density at radius 3 is 2.77 bits per heavy atom. The van der Waals surface area contributed by atoms with Crippen molar-refractivity contribution >= 4 is 32.3 Å². The third kappa shape index (κ3) is 2.27. The van der Waals surface area contributed by atoms with E-state index in [9.17, 15) is 4.79 Å². The predicted octanol–water partition coefficient (Wildman–Crippen LogP) is 1.92. The quantitative estimate of drug-likeness (QED) is 0.724. The fourth-order valence-electron chi connectivity index (χ4n) is 2.07. The lowest BCUT2D eigenvalue weighted by atomic mass is 10.2. The monoisotopic (exact) mass is 318 g/mol. The van der Waals surface area contributed by atoms with E-state index in [1.165, 1.54) is 23.0 Å². The highest BCUT2D eigenvalue weighted by Crippen LogP contribution is 2.30. The number of rotatable bonds is 5. The third-order valence-corrected chi connectivity index (χ3v) is 3.96. The number of hydrogen-bond acceptors (Lipinski definition) is 7. The highest BCUT2D eigenvalue weighted by atomic mass is 32.1. The number of aromatic nitrogens is 3. The molecule has 114 valence electrons. The summed E-state index contributed by atoms with van der Waals surface area (Å²) >= 11 is 1.30. The van der Waals surface area contributed by atoms with Crippen LogP contribution in [0.2, 0.25) is 0 Å². The summed E-state index contributed by atoms with van der Waals surface area (Å²) in [4.78, 5) is 17.5. The van der Waals surface area contributed by atoms with E-state index in [1.54, 1.807) is 25.3 Å². The number of nitrogens with one attached hydrogen (secondary N) is 1. The van der Waals surface area contributed by atoms with E-state index in [2.05, 4.69) is 22.0 Å². The van der Waals surface area contributed by atoms with Crippen molar-refractivity contribution in [1.82, 2.24) is 14.6 Å². The maximum Gasteiger partial charge on any atom is 0.283 e. The molecule has 8 heteroatoms. The molecule has 0 radical (unpaired) electrons. The van der Waals surface area contributed by atoms with Gasteiger partial charge in [0.2, 0.25) is 10.1 Å². The zero-order valence-electron chi connectivity index (χ0n) is 12.1. The molecule has 0 saturated carbocycles. The molecule has 0 bridgehead atoms. The van der Waals surface area contributed by atoms with Crippen molar-refractivity contribution in [3.05, 3.63) is 35.1 Å². The molecular formula is C14H14N4O3S. The van der Waals surface area contributed by atoms with Crippen molar-refractivity contribution in [3.63, 3.8) is 0 Å². The number of fused-ring (bicyclic) bond motifs is 2. The molecule has 0 aliphatic carbocycles. The molecule has 0 unspecified atom stereocenters. The number of benzene rings is 1. The van der Waals surface area contributed by atoms with Crippen LogP contribution in [-0.2, 0) is 0 Å². The van der Waals surface area contributed by atoms with E-state index >= 15 is 0 Å². The van der Waals surface area contributed by atoms with Crippen LogP contribution >= 0.6 is 11.3 Å². The maximum absolute atomic E-state index is 12.6. The van der Waals surface area contributed by atoms with Crippen LogP contribution in [0.25, 0.3) is 15.9 Å². The van der Waals surface area contributed by atoms with E-state index in [4.69, 9.17) is 9.47 Å². The van der Waals surface area contributed by atoms with E-state index in [0.717, 1.165) is 0 Å². The van der Waals surface area contributed by atoms with Crippen LogP contribution in [0.4, 0.5) is 5.13 Å². The third-order valence-electron chi connectivity index (χ3n) is 3.10. The second-order valence-corrected chi connectivity index (χ2v) is 5.37. The Morgan fingerprint density at radius 2 is 2.09 bits per heavy atom. The van der Waals surface area contributed by atoms with E-state index < -0.39 is 0 Å². The molecule has 0 saturated heterocycles. The summed E-state index contributed by atoms with van der Waals surface area (Å²) in [5.41, 5.74) is 0.297. The standard InChI is InChI=1S/C14H14N4O3S/c1-4-5-15-13-17-18-12(19)8-6-10(20-2)11(21-3)7-9(8)16-14(18)22-13/h4,6-7H,1,5H2,2-3H3,(H,15,17). The van der Waals surface area contributed by atoms with Crippen molar-refractivity contribution < 1.29 is 9.47 Å². The molecular weight excluding hydrogens is 304 g/mol. The smallest absolute Gasteiger partial charge is 0.283 e. The fraction of sp³-hybridized carbons (Fsp3) is 0.214. The first kappa shape index (κ1) is 14.3.